The fourth-order valence-electron chi connectivity index (χ4n) is 3.19. The van der Waals surface area contributed by atoms with Crippen molar-refractivity contribution in [2.75, 3.05) is 36.5 Å². The van der Waals surface area contributed by atoms with Crippen LogP contribution in [0.3, 0.4) is 0 Å². The molecular weight excluding hydrogens is 346 g/mol. The van der Waals surface area contributed by atoms with E-state index in [1.54, 1.807) is 36.4 Å². The molecule has 0 radical (unpaired) electrons. The standard InChI is InChI=1S/C20H19N3O4/c24-19-13-18(23(26)17-4-2-1-3-16(17)19)20(25)21-14-5-7-15(8-6-14)22-9-11-27-12-10-22/h1-8,13,26H,9-12H2,(H,21,25). The van der Waals surface area contributed by atoms with Crippen molar-refractivity contribution < 1.29 is 14.7 Å². The van der Waals surface area contributed by atoms with Gasteiger partial charge >= 0.3 is 0 Å². The average molecular weight is 365 g/mol. The van der Waals surface area contributed by atoms with Gasteiger partial charge in [0.05, 0.1) is 18.7 Å². The summed E-state index contributed by atoms with van der Waals surface area (Å²) in [6.45, 7) is 3.07. The number of nitrogens with zero attached hydrogens (tertiary/aromatic N) is 2. The quantitative estimate of drug-likeness (QED) is 0.696. The lowest BCUT2D eigenvalue weighted by Gasteiger charge is -2.28. The molecule has 1 aliphatic heterocycles. The molecule has 0 unspecified atom stereocenters. The topological polar surface area (TPSA) is 83.8 Å². The number of hydrogen-bond donors (Lipinski definition) is 2. The van der Waals surface area contributed by atoms with Gasteiger partial charge in [-0.1, -0.05) is 12.1 Å². The molecule has 2 heterocycles. The Morgan fingerprint density at radius 1 is 1.04 bits per heavy atom. The van der Waals surface area contributed by atoms with Crippen molar-refractivity contribution in [1.29, 1.82) is 0 Å². The fraction of sp³-hybridized carbons (Fsp3) is 0.200. The van der Waals surface area contributed by atoms with Gasteiger partial charge in [0.15, 0.2) is 5.43 Å². The lowest BCUT2D eigenvalue weighted by atomic mass is 10.2. The Morgan fingerprint density at radius 2 is 1.74 bits per heavy atom. The van der Waals surface area contributed by atoms with E-state index in [0.717, 1.165) is 29.6 Å². The van der Waals surface area contributed by atoms with Gasteiger partial charge in [0.2, 0.25) is 0 Å². The molecule has 1 saturated heterocycles. The summed E-state index contributed by atoms with van der Waals surface area (Å²) in [7, 11) is 0. The van der Waals surface area contributed by atoms with Gasteiger partial charge in [-0.2, -0.15) is 4.73 Å². The van der Waals surface area contributed by atoms with Gasteiger partial charge in [-0.15, -0.1) is 0 Å². The van der Waals surface area contributed by atoms with Crippen LogP contribution in [0.1, 0.15) is 10.5 Å². The molecule has 4 rings (SSSR count). The number of pyridine rings is 1. The third-order valence-corrected chi connectivity index (χ3v) is 4.63. The van der Waals surface area contributed by atoms with Crippen LogP contribution >= 0.6 is 0 Å². The van der Waals surface area contributed by atoms with Crippen LogP contribution in [-0.2, 0) is 4.74 Å². The van der Waals surface area contributed by atoms with Crippen LogP contribution in [0.15, 0.2) is 59.4 Å². The van der Waals surface area contributed by atoms with Gasteiger partial charge in [-0.3, -0.25) is 9.59 Å². The van der Waals surface area contributed by atoms with Gasteiger partial charge in [0.25, 0.3) is 5.91 Å². The Labute approximate surface area is 155 Å². The number of nitrogens with one attached hydrogen (secondary N) is 1. The highest BCUT2D eigenvalue weighted by molar-refractivity contribution is 6.04. The van der Waals surface area contributed by atoms with E-state index in [1.165, 1.54) is 0 Å². The fourth-order valence-corrected chi connectivity index (χ4v) is 3.19. The van der Waals surface area contributed by atoms with E-state index in [2.05, 4.69) is 10.2 Å². The largest absolute Gasteiger partial charge is 0.428 e. The van der Waals surface area contributed by atoms with Crippen LogP contribution in [0.25, 0.3) is 10.9 Å². The number of benzene rings is 2. The molecule has 1 fully saturated rings. The van der Waals surface area contributed by atoms with Crippen LogP contribution in [0, 0.1) is 0 Å². The summed E-state index contributed by atoms with van der Waals surface area (Å²) in [6.07, 6.45) is 0. The van der Waals surface area contributed by atoms with Gasteiger partial charge in [0, 0.05) is 35.9 Å². The maximum atomic E-state index is 12.6. The highest BCUT2D eigenvalue weighted by Gasteiger charge is 2.16. The van der Waals surface area contributed by atoms with Crippen LogP contribution in [0.5, 0.6) is 0 Å². The zero-order chi connectivity index (χ0) is 18.8. The average Bonchev–Trinajstić information content (AvgIpc) is 2.72. The summed E-state index contributed by atoms with van der Waals surface area (Å²) < 4.78 is 6.09. The molecule has 1 amide bonds. The molecule has 2 N–H and O–H groups in total. The van der Waals surface area contributed by atoms with Crippen LogP contribution < -0.4 is 15.6 Å². The summed E-state index contributed by atoms with van der Waals surface area (Å²) in [6, 6.07) is 15.2. The van der Waals surface area contributed by atoms with Crippen molar-refractivity contribution in [3.8, 4) is 0 Å². The highest BCUT2D eigenvalue weighted by atomic mass is 16.5. The van der Waals surface area contributed by atoms with Crippen molar-refractivity contribution in [2.45, 2.75) is 0 Å². The third kappa shape index (κ3) is 3.37. The van der Waals surface area contributed by atoms with Crippen molar-refractivity contribution >= 4 is 28.2 Å². The van der Waals surface area contributed by atoms with Gasteiger partial charge in [0.1, 0.15) is 5.69 Å². The normalized spacial score (nSPS) is 14.3. The lowest BCUT2D eigenvalue weighted by molar-refractivity contribution is 0.0976. The first-order valence-corrected chi connectivity index (χ1v) is 8.71. The summed E-state index contributed by atoms with van der Waals surface area (Å²) >= 11 is 0. The zero-order valence-corrected chi connectivity index (χ0v) is 14.6. The summed E-state index contributed by atoms with van der Waals surface area (Å²) in [5, 5.41) is 13.4. The number of aromatic nitrogens is 1. The first kappa shape index (κ1) is 17.1. The molecule has 2 aromatic carbocycles. The van der Waals surface area contributed by atoms with Crippen LogP contribution in [0.4, 0.5) is 11.4 Å². The van der Waals surface area contributed by atoms with E-state index < -0.39 is 5.91 Å². The van der Waals surface area contributed by atoms with Gasteiger partial charge in [-0.25, -0.2) is 0 Å². The molecule has 0 aliphatic carbocycles. The molecule has 27 heavy (non-hydrogen) atoms. The maximum absolute atomic E-state index is 12.6. The van der Waals surface area contributed by atoms with E-state index in [9.17, 15) is 14.8 Å². The number of carbonyl (C=O) groups excluding carboxylic acids is 1. The Hall–Kier alpha value is -3.32. The molecule has 0 atom stereocenters. The van der Waals surface area contributed by atoms with Crippen molar-refractivity contribution in [1.82, 2.24) is 4.73 Å². The molecule has 7 heteroatoms. The number of carbonyl (C=O) groups is 1. The predicted molar refractivity (Wildman–Crippen MR) is 103 cm³/mol. The number of morpholine rings is 1. The van der Waals surface area contributed by atoms with Gasteiger partial charge < -0.3 is 20.2 Å². The number of fused-ring (bicyclic) bond motifs is 1. The van der Waals surface area contributed by atoms with E-state index in [1.807, 2.05) is 12.1 Å². The van der Waals surface area contributed by atoms with Gasteiger partial charge in [-0.05, 0) is 36.4 Å². The summed E-state index contributed by atoms with van der Waals surface area (Å²) in [4.78, 5) is 27.0. The molecule has 0 spiro atoms. The number of anilines is 2. The van der Waals surface area contributed by atoms with E-state index >= 15 is 0 Å². The number of rotatable bonds is 3. The monoisotopic (exact) mass is 365 g/mol. The molecule has 138 valence electrons. The van der Waals surface area contributed by atoms with Crippen LogP contribution in [0.2, 0.25) is 0 Å². The molecule has 7 nitrogen and oxygen atoms in total. The minimum Gasteiger partial charge on any atom is -0.428 e. The number of amides is 1. The summed E-state index contributed by atoms with van der Waals surface area (Å²) in [5.41, 5.74) is 1.50. The van der Waals surface area contributed by atoms with Crippen molar-refractivity contribution in [3.05, 3.63) is 70.5 Å². The highest BCUT2D eigenvalue weighted by Crippen LogP contribution is 2.20. The Morgan fingerprint density at radius 3 is 2.48 bits per heavy atom. The summed E-state index contributed by atoms with van der Waals surface area (Å²) in [5.74, 6) is -0.556. The first-order valence-electron chi connectivity index (χ1n) is 8.71. The van der Waals surface area contributed by atoms with Crippen molar-refractivity contribution in [2.24, 2.45) is 0 Å². The number of hydrogen-bond acceptors (Lipinski definition) is 5. The Balaban J connectivity index is 1.56. The Bertz CT molecular complexity index is 1040. The second-order valence-corrected chi connectivity index (χ2v) is 6.32. The number of ether oxygens (including phenoxy) is 1. The van der Waals surface area contributed by atoms with E-state index in [-0.39, 0.29) is 16.6 Å². The molecule has 0 bridgehead atoms. The zero-order valence-electron chi connectivity index (χ0n) is 14.6. The number of para-hydroxylation sites is 1. The second-order valence-electron chi connectivity index (χ2n) is 6.32. The Kier molecular flexibility index (Phi) is 4.52. The lowest BCUT2D eigenvalue weighted by Crippen LogP contribution is -2.36. The van der Waals surface area contributed by atoms with E-state index in [0.29, 0.717) is 24.3 Å². The van der Waals surface area contributed by atoms with Crippen molar-refractivity contribution in [3.63, 3.8) is 0 Å². The SMILES string of the molecule is O=C(Nc1ccc(N2CCOCC2)cc1)c1cc(=O)c2ccccc2n1O. The molecule has 3 aromatic rings. The second kappa shape index (κ2) is 7.13. The minimum atomic E-state index is -0.556. The molecule has 1 aliphatic rings. The first-order chi connectivity index (χ1) is 13.1. The minimum absolute atomic E-state index is 0.115. The maximum Gasteiger partial charge on any atom is 0.275 e. The molecular formula is C20H19N3O4. The smallest absolute Gasteiger partial charge is 0.275 e. The van der Waals surface area contributed by atoms with Crippen LogP contribution in [-0.4, -0.2) is 42.1 Å². The predicted octanol–water partition coefficient (Wildman–Crippen LogP) is 2.33. The molecule has 0 saturated carbocycles. The van der Waals surface area contributed by atoms with E-state index in [4.69, 9.17) is 4.74 Å². The molecule has 1 aromatic heterocycles. The third-order valence-electron chi connectivity index (χ3n) is 4.63.